The number of nitrogens with zero attached hydrogens (tertiary/aromatic N) is 2. The first kappa shape index (κ1) is 23.2. The molecule has 2 fully saturated rings. The molecule has 0 saturated carbocycles. The summed E-state index contributed by atoms with van der Waals surface area (Å²) in [6, 6.07) is 3.00. The Balaban J connectivity index is 0.00000169. The largest absolute Gasteiger partial charge is 0.459 e. The van der Waals surface area contributed by atoms with Crippen molar-refractivity contribution < 1.29 is 24.2 Å². The Kier molecular flexibility index (Phi) is 9.32. The zero-order valence-electron chi connectivity index (χ0n) is 14.6. The van der Waals surface area contributed by atoms with Gasteiger partial charge in [-0.25, -0.2) is 0 Å². The van der Waals surface area contributed by atoms with E-state index in [9.17, 15) is 15.0 Å². The summed E-state index contributed by atoms with van der Waals surface area (Å²) >= 11 is 0. The molecule has 150 valence electrons. The molecule has 0 bridgehead atoms. The predicted octanol–water partition coefficient (Wildman–Crippen LogP) is -0.410. The van der Waals surface area contributed by atoms with E-state index in [1.54, 1.807) is 12.1 Å². The summed E-state index contributed by atoms with van der Waals surface area (Å²) in [4.78, 5) is 16.4. The average molecular weight is 412 g/mol. The van der Waals surface area contributed by atoms with Crippen LogP contribution >= 0.6 is 24.8 Å². The fourth-order valence-electron chi connectivity index (χ4n) is 3.40. The number of carbonyl (C=O) groups is 1. The molecule has 1 aromatic rings. The summed E-state index contributed by atoms with van der Waals surface area (Å²) in [7, 11) is 2.07. The number of piperazine rings is 1. The van der Waals surface area contributed by atoms with Crippen LogP contribution in [0.2, 0.25) is 0 Å². The van der Waals surface area contributed by atoms with E-state index < -0.39 is 12.2 Å². The Morgan fingerprint density at radius 1 is 1.27 bits per heavy atom. The van der Waals surface area contributed by atoms with Crippen LogP contribution in [0.5, 0.6) is 0 Å². The number of nitrogens with one attached hydrogen (secondary N) is 1. The van der Waals surface area contributed by atoms with E-state index in [4.69, 9.17) is 9.15 Å². The van der Waals surface area contributed by atoms with Gasteiger partial charge < -0.3 is 29.6 Å². The second kappa shape index (κ2) is 10.5. The molecule has 3 N–H and O–H groups in total. The molecule has 8 nitrogen and oxygen atoms in total. The Morgan fingerprint density at radius 3 is 2.54 bits per heavy atom. The Hall–Kier alpha value is -0.870. The van der Waals surface area contributed by atoms with Gasteiger partial charge in [0.15, 0.2) is 5.76 Å². The highest BCUT2D eigenvalue weighted by Gasteiger charge is 2.46. The summed E-state index contributed by atoms with van der Waals surface area (Å²) in [5.74, 6) is -0.0777. The molecule has 0 radical (unpaired) electrons. The van der Waals surface area contributed by atoms with Gasteiger partial charge >= 0.3 is 0 Å². The molecule has 26 heavy (non-hydrogen) atoms. The number of furan rings is 1. The Labute approximate surface area is 165 Å². The van der Waals surface area contributed by atoms with Crippen LogP contribution in [0.15, 0.2) is 22.8 Å². The van der Waals surface area contributed by atoms with E-state index in [-0.39, 0.29) is 61.8 Å². The predicted molar refractivity (Wildman–Crippen MR) is 100 cm³/mol. The maximum Gasteiger partial charge on any atom is 0.287 e. The molecular formula is C16H27Cl2N3O5. The molecule has 1 amide bonds. The average Bonchev–Trinajstić information content (AvgIpc) is 3.22. The number of aliphatic hydroxyl groups excluding tert-OH is 2. The second-order valence-electron chi connectivity index (χ2n) is 6.40. The van der Waals surface area contributed by atoms with E-state index in [0.717, 1.165) is 26.2 Å². The molecule has 0 unspecified atom stereocenters. The monoisotopic (exact) mass is 411 g/mol. The summed E-state index contributed by atoms with van der Waals surface area (Å²) in [5, 5.41) is 22.7. The fraction of sp³-hybridized carbons (Fsp3) is 0.688. The first-order chi connectivity index (χ1) is 11.6. The quantitative estimate of drug-likeness (QED) is 0.605. The topological polar surface area (TPSA) is 98.4 Å². The lowest BCUT2D eigenvalue weighted by Gasteiger charge is -2.39. The number of amides is 1. The number of aliphatic hydroxyl groups is 2. The minimum absolute atomic E-state index is 0. The fourth-order valence-corrected chi connectivity index (χ4v) is 3.40. The van der Waals surface area contributed by atoms with Crippen molar-refractivity contribution in [1.29, 1.82) is 0 Å². The van der Waals surface area contributed by atoms with Gasteiger partial charge in [-0.15, -0.1) is 24.8 Å². The SMILES string of the molecule is CN1CCN([C@@H]2[C@H](O)[C@H](CO)O[C@@H]2CNC(=O)c2ccco2)CC1.Cl.Cl. The summed E-state index contributed by atoms with van der Waals surface area (Å²) in [6.07, 6.45) is -0.330. The van der Waals surface area contributed by atoms with Gasteiger partial charge in [0.1, 0.15) is 12.2 Å². The van der Waals surface area contributed by atoms with E-state index in [1.165, 1.54) is 6.26 Å². The van der Waals surface area contributed by atoms with Crippen LogP contribution in [-0.2, 0) is 4.74 Å². The molecule has 4 atom stereocenters. The van der Waals surface area contributed by atoms with Crippen molar-refractivity contribution in [3.63, 3.8) is 0 Å². The van der Waals surface area contributed by atoms with Gasteiger partial charge in [-0.3, -0.25) is 9.69 Å². The van der Waals surface area contributed by atoms with E-state index in [2.05, 4.69) is 22.2 Å². The maximum atomic E-state index is 12.0. The van der Waals surface area contributed by atoms with Crippen molar-refractivity contribution in [2.75, 3.05) is 46.4 Å². The number of ether oxygens (including phenoxy) is 1. The van der Waals surface area contributed by atoms with Crippen LogP contribution < -0.4 is 5.32 Å². The third kappa shape index (κ3) is 5.10. The molecule has 3 heterocycles. The van der Waals surface area contributed by atoms with E-state index in [0.29, 0.717) is 0 Å². The molecular weight excluding hydrogens is 385 g/mol. The number of carbonyl (C=O) groups excluding carboxylic acids is 1. The van der Waals surface area contributed by atoms with Gasteiger partial charge in [0.2, 0.25) is 0 Å². The lowest BCUT2D eigenvalue weighted by molar-refractivity contribution is -0.0209. The number of hydrogen-bond acceptors (Lipinski definition) is 7. The van der Waals surface area contributed by atoms with Crippen molar-refractivity contribution >= 4 is 30.7 Å². The molecule has 1 aromatic heterocycles. The lowest BCUT2D eigenvalue weighted by Crippen LogP contribution is -2.56. The van der Waals surface area contributed by atoms with Gasteiger partial charge in [-0.05, 0) is 19.2 Å². The molecule has 0 aromatic carbocycles. The van der Waals surface area contributed by atoms with Crippen LogP contribution in [0.25, 0.3) is 0 Å². The van der Waals surface area contributed by atoms with E-state index in [1.807, 2.05) is 0 Å². The normalized spacial score (nSPS) is 29.7. The molecule has 2 aliphatic rings. The van der Waals surface area contributed by atoms with Crippen molar-refractivity contribution in [2.24, 2.45) is 0 Å². The number of likely N-dealkylation sites (N-methyl/N-ethyl adjacent to an activating group) is 1. The first-order valence-electron chi connectivity index (χ1n) is 8.29. The van der Waals surface area contributed by atoms with Crippen molar-refractivity contribution in [3.05, 3.63) is 24.2 Å². The molecule has 10 heteroatoms. The zero-order valence-corrected chi connectivity index (χ0v) is 16.2. The molecule has 2 aliphatic heterocycles. The maximum absolute atomic E-state index is 12.0. The number of halogens is 2. The van der Waals surface area contributed by atoms with Crippen LogP contribution in [0.4, 0.5) is 0 Å². The van der Waals surface area contributed by atoms with Gasteiger partial charge in [0.25, 0.3) is 5.91 Å². The molecule has 2 saturated heterocycles. The lowest BCUT2D eigenvalue weighted by atomic mass is 10.0. The zero-order chi connectivity index (χ0) is 17.1. The summed E-state index contributed by atoms with van der Waals surface area (Å²) in [6.45, 7) is 3.49. The Bertz CT molecular complexity index is 540. The number of hydrogen-bond donors (Lipinski definition) is 3. The van der Waals surface area contributed by atoms with Crippen LogP contribution in [-0.4, -0.2) is 96.7 Å². The van der Waals surface area contributed by atoms with Gasteiger partial charge in [0.05, 0.1) is 25.0 Å². The van der Waals surface area contributed by atoms with Gasteiger partial charge in [0, 0.05) is 32.7 Å². The standard InChI is InChI=1S/C16H25N3O5.2ClH/c1-18-4-6-19(7-5-18)14-12(24-13(10-20)15(14)21)9-17-16(22)11-3-2-8-23-11;;/h2-3,8,12-15,20-21H,4-7,9-10H2,1H3,(H,17,22);2*1H/t12-,13+,14+,15-;;/m1../s1. The first-order valence-corrected chi connectivity index (χ1v) is 8.29. The smallest absolute Gasteiger partial charge is 0.287 e. The third-order valence-electron chi connectivity index (χ3n) is 4.81. The third-order valence-corrected chi connectivity index (χ3v) is 4.81. The van der Waals surface area contributed by atoms with Crippen LogP contribution in [0, 0.1) is 0 Å². The van der Waals surface area contributed by atoms with Crippen LogP contribution in [0.1, 0.15) is 10.6 Å². The second-order valence-corrected chi connectivity index (χ2v) is 6.40. The Morgan fingerprint density at radius 2 is 1.96 bits per heavy atom. The highest BCUT2D eigenvalue weighted by atomic mass is 35.5. The van der Waals surface area contributed by atoms with Crippen LogP contribution in [0.3, 0.4) is 0 Å². The summed E-state index contributed by atoms with van der Waals surface area (Å²) in [5.41, 5.74) is 0. The highest BCUT2D eigenvalue weighted by molar-refractivity contribution is 5.91. The van der Waals surface area contributed by atoms with Gasteiger partial charge in [-0.2, -0.15) is 0 Å². The minimum Gasteiger partial charge on any atom is -0.459 e. The highest BCUT2D eigenvalue weighted by Crippen LogP contribution is 2.26. The molecule has 3 rings (SSSR count). The van der Waals surface area contributed by atoms with Gasteiger partial charge in [-0.1, -0.05) is 0 Å². The van der Waals surface area contributed by atoms with Crippen molar-refractivity contribution in [2.45, 2.75) is 24.4 Å². The summed E-state index contributed by atoms with van der Waals surface area (Å²) < 4.78 is 10.9. The molecule has 0 spiro atoms. The van der Waals surface area contributed by atoms with Crippen molar-refractivity contribution in [3.8, 4) is 0 Å². The van der Waals surface area contributed by atoms with Crippen molar-refractivity contribution in [1.82, 2.24) is 15.1 Å². The number of rotatable bonds is 5. The molecule has 0 aliphatic carbocycles. The minimum atomic E-state index is -0.774. The van der Waals surface area contributed by atoms with E-state index >= 15 is 0 Å².